The van der Waals surface area contributed by atoms with Gasteiger partial charge in [-0.05, 0) is 31.2 Å². The molecule has 2 N–H and O–H groups in total. The summed E-state index contributed by atoms with van der Waals surface area (Å²) in [4.78, 5) is 22.6. The molecular formula is C10H11N3O3. The number of benzene rings is 1. The fraction of sp³-hybridized carbons (Fsp3) is 0.200. The lowest BCUT2D eigenvalue weighted by molar-refractivity contribution is 0.340. The molecule has 1 aromatic heterocycles. The fourth-order valence-corrected chi connectivity index (χ4v) is 1.40. The summed E-state index contributed by atoms with van der Waals surface area (Å²) in [5.74, 6) is 0.700. The molecule has 0 unspecified atom stereocenters. The van der Waals surface area contributed by atoms with Crippen molar-refractivity contribution in [3.63, 3.8) is 0 Å². The van der Waals surface area contributed by atoms with Gasteiger partial charge in [0.15, 0.2) is 0 Å². The van der Waals surface area contributed by atoms with Crippen molar-refractivity contribution >= 4 is 0 Å². The molecule has 0 radical (unpaired) electrons. The van der Waals surface area contributed by atoms with Gasteiger partial charge in [0.05, 0.1) is 12.3 Å². The Morgan fingerprint density at radius 3 is 2.19 bits per heavy atom. The van der Waals surface area contributed by atoms with Crippen LogP contribution in [0.1, 0.15) is 6.92 Å². The van der Waals surface area contributed by atoms with E-state index in [0.717, 1.165) is 4.57 Å². The molecule has 2 rings (SSSR count). The molecule has 0 bridgehead atoms. The minimum absolute atomic E-state index is 0.492. The number of nitrogens with one attached hydrogen (secondary N) is 2. The Morgan fingerprint density at radius 1 is 1.12 bits per heavy atom. The van der Waals surface area contributed by atoms with Gasteiger partial charge in [-0.1, -0.05) is 0 Å². The Balaban J connectivity index is 2.43. The van der Waals surface area contributed by atoms with Crippen molar-refractivity contribution in [3.8, 4) is 11.4 Å². The fourth-order valence-electron chi connectivity index (χ4n) is 1.40. The maximum absolute atomic E-state index is 11.3. The monoisotopic (exact) mass is 221 g/mol. The molecule has 0 aliphatic rings. The van der Waals surface area contributed by atoms with Crippen LogP contribution in [0.4, 0.5) is 0 Å². The number of nitrogens with zero attached hydrogens (tertiary/aromatic N) is 1. The number of hydrogen-bond acceptors (Lipinski definition) is 3. The predicted octanol–water partition coefficient (Wildman–Crippen LogP) is 0.253. The van der Waals surface area contributed by atoms with Gasteiger partial charge in [-0.15, -0.1) is 0 Å². The van der Waals surface area contributed by atoms with Crippen LogP contribution in [0.15, 0.2) is 33.9 Å². The van der Waals surface area contributed by atoms with E-state index in [0.29, 0.717) is 18.0 Å². The van der Waals surface area contributed by atoms with Crippen molar-refractivity contribution in [3.05, 3.63) is 45.2 Å². The highest BCUT2D eigenvalue weighted by Gasteiger charge is 2.05. The third-order valence-corrected chi connectivity index (χ3v) is 2.09. The normalized spacial score (nSPS) is 10.3. The van der Waals surface area contributed by atoms with Gasteiger partial charge in [0, 0.05) is 0 Å². The highest BCUT2D eigenvalue weighted by molar-refractivity contribution is 5.36. The number of hydrogen-bond donors (Lipinski definition) is 2. The Morgan fingerprint density at radius 2 is 1.69 bits per heavy atom. The molecule has 16 heavy (non-hydrogen) atoms. The zero-order valence-electron chi connectivity index (χ0n) is 8.69. The van der Waals surface area contributed by atoms with Crippen molar-refractivity contribution in [1.29, 1.82) is 0 Å². The van der Waals surface area contributed by atoms with E-state index in [-0.39, 0.29) is 0 Å². The first-order valence-electron chi connectivity index (χ1n) is 4.85. The zero-order chi connectivity index (χ0) is 11.5. The lowest BCUT2D eigenvalue weighted by Crippen LogP contribution is -2.24. The molecule has 1 aromatic carbocycles. The second-order valence-corrected chi connectivity index (χ2v) is 3.12. The molecule has 0 amide bonds. The quantitative estimate of drug-likeness (QED) is 0.779. The maximum atomic E-state index is 11.3. The highest BCUT2D eigenvalue weighted by Crippen LogP contribution is 2.12. The molecule has 0 atom stereocenters. The van der Waals surface area contributed by atoms with E-state index < -0.39 is 11.4 Å². The van der Waals surface area contributed by atoms with E-state index in [9.17, 15) is 9.59 Å². The molecule has 0 saturated heterocycles. The second-order valence-electron chi connectivity index (χ2n) is 3.12. The van der Waals surface area contributed by atoms with Gasteiger partial charge < -0.3 is 4.74 Å². The van der Waals surface area contributed by atoms with Gasteiger partial charge in [-0.25, -0.2) is 24.4 Å². The van der Waals surface area contributed by atoms with Crippen LogP contribution in [-0.4, -0.2) is 21.4 Å². The van der Waals surface area contributed by atoms with Gasteiger partial charge in [-0.3, -0.25) is 0 Å². The van der Waals surface area contributed by atoms with Crippen molar-refractivity contribution < 1.29 is 4.74 Å². The van der Waals surface area contributed by atoms with Crippen LogP contribution in [0.2, 0.25) is 0 Å². The molecule has 1 heterocycles. The average molecular weight is 221 g/mol. The van der Waals surface area contributed by atoms with Gasteiger partial charge in [0.1, 0.15) is 5.75 Å². The van der Waals surface area contributed by atoms with Gasteiger partial charge in [0.2, 0.25) is 0 Å². The molecule has 6 nitrogen and oxygen atoms in total. The van der Waals surface area contributed by atoms with Gasteiger partial charge in [0.25, 0.3) is 0 Å². The first-order chi connectivity index (χ1) is 7.72. The average Bonchev–Trinajstić information content (AvgIpc) is 2.61. The summed E-state index contributed by atoms with van der Waals surface area (Å²) in [5, 5.41) is 4.43. The topological polar surface area (TPSA) is 79.9 Å². The first-order valence-corrected chi connectivity index (χ1v) is 4.85. The van der Waals surface area contributed by atoms with Crippen LogP contribution in [0, 0.1) is 0 Å². The molecule has 2 aromatic rings. The number of aromatic amines is 2. The van der Waals surface area contributed by atoms with E-state index in [1.54, 1.807) is 24.3 Å². The van der Waals surface area contributed by atoms with Crippen LogP contribution in [-0.2, 0) is 0 Å². The number of ether oxygens (including phenoxy) is 1. The van der Waals surface area contributed by atoms with Crippen molar-refractivity contribution in [1.82, 2.24) is 14.8 Å². The van der Waals surface area contributed by atoms with Crippen molar-refractivity contribution in [2.45, 2.75) is 6.92 Å². The van der Waals surface area contributed by atoms with Crippen molar-refractivity contribution in [2.75, 3.05) is 6.61 Å². The predicted molar refractivity (Wildman–Crippen MR) is 58.2 cm³/mol. The Hall–Kier alpha value is -2.24. The lowest BCUT2D eigenvalue weighted by atomic mass is 10.3. The minimum atomic E-state index is -0.492. The molecule has 0 aliphatic heterocycles. The molecule has 0 aliphatic carbocycles. The third kappa shape index (κ3) is 1.77. The number of rotatable bonds is 3. The molecule has 0 saturated carbocycles. The molecule has 0 spiro atoms. The Labute approximate surface area is 90.5 Å². The largest absolute Gasteiger partial charge is 0.494 e. The van der Waals surface area contributed by atoms with E-state index in [4.69, 9.17) is 4.74 Å². The van der Waals surface area contributed by atoms with Crippen LogP contribution < -0.4 is 16.1 Å². The summed E-state index contributed by atoms with van der Waals surface area (Å²) < 4.78 is 6.27. The summed E-state index contributed by atoms with van der Waals surface area (Å²) >= 11 is 0. The molecular weight excluding hydrogens is 210 g/mol. The number of H-pyrrole nitrogens is 2. The number of aromatic nitrogens is 3. The Bertz CT molecular complexity index is 549. The van der Waals surface area contributed by atoms with Gasteiger partial charge in [-0.2, -0.15) is 0 Å². The molecule has 0 fully saturated rings. The van der Waals surface area contributed by atoms with Gasteiger partial charge >= 0.3 is 11.4 Å². The standard InChI is InChI=1S/C10H11N3O3/c1-2-16-8-5-3-7(4-6-8)13-9(14)11-12-10(13)15/h3-6H,2H2,1H3,(H,11,14)(H,12,15). The van der Waals surface area contributed by atoms with E-state index >= 15 is 0 Å². The molecule has 84 valence electrons. The summed E-state index contributed by atoms with van der Waals surface area (Å²) in [6.07, 6.45) is 0. The zero-order valence-corrected chi connectivity index (χ0v) is 8.69. The Kier molecular flexibility index (Phi) is 2.63. The van der Waals surface area contributed by atoms with Crippen LogP contribution >= 0.6 is 0 Å². The van der Waals surface area contributed by atoms with E-state index in [1.807, 2.05) is 6.92 Å². The van der Waals surface area contributed by atoms with Crippen molar-refractivity contribution in [2.24, 2.45) is 0 Å². The second kappa shape index (κ2) is 4.09. The first kappa shape index (κ1) is 10.3. The minimum Gasteiger partial charge on any atom is -0.494 e. The van der Waals surface area contributed by atoms with E-state index in [2.05, 4.69) is 10.2 Å². The maximum Gasteiger partial charge on any atom is 0.348 e. The van der Waals surface area contributed by atoms with Crippen LogP contribution in [0.3, 0.4) is 0 Å². The summed E-state index contributed by atoms with van der Waals surface area (Å²) in [7, 11) is 0. The smallest absolute Gasteiger partial charge is 0.348 e. The summed E-state index contributed by atoms with van der Waals surface area (Å²) in [5.41, 5.74) is -0.487. The van der Waals surface area contributed by atoms with Crippen LogP contribution in [0.25, 0.3) is 5.69 Å². The molecule has 6 heteroatoms. The third-order valence-electron chi connectivity index (χ3n) is 2.09. The highest BCUT2D eigenvalue weighted by atomic mass is 16.5. The SMILES string of the molecule is CCOc1ccc(-n2c(=O)[nH][nH]c2=O)cc1. The summed E-state index contributed by atoms with van der Waals surface area (Å²) in [6, 6.07) is 6.71. The van der Waals surface area contributed by atoms with E-state index in [1.165, 1.54) is 0 Å². The van der Waals surface area contributed by atoms with Crippen LogP contribution in [0.5, 0.6) is 5.75 Å². The summed E-state index contributed by atoms with van der Waals surface area (Å²) in [6.45, 7) is 2.46. The lowest BCUT2D eigenvalue weighted by Gasteiger charge is -2.03.